The summed E-state index contributed by atoms with van der Waals surface area (Å²) >= 11 is 0. The molecule has 1 aliphatic carbocycles. The smallest absolute Gasteiger partial charge is 0.236 e. The zero-order valence-corrected chi connectivity index (χ0v) is 10.8. The molecule has 2 fully saturated rings. The molecular weight excluding hydrogens is 216 g/mol. The number of carbonyl (C=O) groups is 1. The molecule has 1 saturated heterocycles. The highest BCUT2D eigenvalue weighted by Crippen LogP contribution is 2.49. The average Bonchev–Trinajstić information content (AvgIpc) is 2.95. The van der Waals surface area contributed by atoms with E-state index in [2.05, 4.69) is 0 Å². The van der Waals surface area contributed by atoms with Gasteiger partial charge >= 0.3 is 0 Å². The lowest BCUT2D eigenvalue weighted by atomic mass is 9.77. The van der Waals surface area contributed by atoms with Crippen LogP contribution in [-0.4, -0.2) is 43.7 Å². The van der Waals surface area contributed by atoms with Crippen molar-refractivity contribution in [1.29, 1.82) is 0 Å². The molecular formula is C13H24N2O2. The Hall–Kier alpha value is -0.610. The molecule has 98 valence electrons. The van der Waals surface area contributed by atoms with Gasteiger partial charge in [-0.05, 0) is 25.2 Å². The summed E-state index contributed by atoms with van der Waals surface area (Å²) in [5.74, 6) is 0.607. The normalized spacial score (nSPS) is 26.9. The summed E-state index contributed by atoms with van der Waals surface area (Å²) < 4.78 is 5.60. The van der Waals surface area contributed by atoms with Gasteiger partial charge in [-0.3, -0.25) is 4.79 Å². The summed E-state index contributed by atoms with van der Waals surface area (Å²) in [5.41, 5.74) is 5.80. The molecule has 1 atom stereocenters. The summed E-state index contributed by atoms with van der Waals surface area (Å²) in [4.78, 5) is 13.7. The van der Waals surface area contributed by atoms with Crippen LogP contribution in [-0.2, 0) is 9.53 Å². The second-order valence-corrected chi connectivity index (χ2v) is 5.40. The Morgan fingerprint density at radius 1 is 1.47 bits per heavy atom. The molecule has 1 saturated carbocycles. The van der Waals surface area contributed by atoms with Crippen LogP contribution in [0.3, 0.4) is 0 Å². The summed E-state index contributed by atoms with van der Waals surface area (Å²) in [7, 11) is 0. The maximum Gasteiger partial charge on any atom is 0.236 e. The van der Waals surface area contributed by atoms with Crippen LogP contribution >= 0.6 is 0 Å². The zero-order valence-electron chi connectivity index (χ0n) is 10.8. The standard InChI is InChI=1S/C13H24N2O2/c1-2-17-9-11-8-15(12(16)7-14)10-13(11)5-3-4-6-13/h11H,2-10,14H2,1H3. The van der Waals surface area contributed by atoms with Crippen LogP contribution in [0.15, 0.2) is 0 Å². The highest BCUT2D eigenvalue weighted by atomic mass is 16.5. The van der Waals surface area contributed by atoms with Crippen LogP contribution < -0.4 is 5.73 Å². The third-order valence-corrected chi connectivity index (χ3v) is 4.46. The van der Waals surface area contributed by atoms with Gasteiger partial charge in [0.15, 0.2) is 0 Å². The van der Waals surface area contributed by atoms with Crippen molar-refractivity contribution in [2.75, 3.05) is 32.8 Å². The fourth-order valence-electron chi connectivity index (χ4n) is 3.49. The second kappa shape index (κ2) is 5.36. The van der Waals surface area contributed by atoms with E-state index in [-0.39, 0.29) is 12.5 Å². The largest absolute Gasteiger partial charge is 0.381 e. The van der Waals surface area contributed by atoms with Crippen molar-refractivity contribution in [3.8, 4) is 0 Å². The van der Waals surface area contributed by atoms with Crippen LogP contribution in [0.2, 0.25) is 0 Å². The third kappa shape index (κ3) is 2.47. The van der Waals surface area contributed by atoms with Crippen LogP contribution in [0.4, 0.5) is 0 Å². The molecule has 0 aromatic carbocycles. The Bertz CT molecular complexity index is 275. The van der Waals surface area contributed by atoms with Crippen LogP contribution in [0.5, 0.6) is 0 Å². The molecule has 0 radical (unpaired) electrons. The zero-order chi connectivity index (χ0) is 12.3. The van der Waals surface area contributed by atoms with Crippen molar-refractivity contribution in [2.45, 2.75) is 32.6 Å². The first-order chi connectivity index (χ1) is 8.22. The Morgan fingerprint density at radius 2 is 2.18 bits per heavy atom. The third-order valence-electron chi connectivity index (χ3n) is 4.46. The maximum absolute atomic E-state index is 11.7. The summed E-state index contributed by atoms with van der Waals surface area (Å²) in [6.07, 6.45) is 5.10. The van der Waals surface area contributed by atoms with Gasteiger partial charge in [0.05, 0.1) is 13.2 Å². The van der Waals surface area contributed by atoms with Crippen LogP contribution in [0.25, 0.3) is 0 Å². The van der Waals surface area contributed by atoms with Gasteiger partial charge in [-0.2, -0.15) is 0 Å². The molecule has 2 N–H and O–H groups in total. The minimum atomic E-state index is 0.0928. The number of carbonyl (C=O) groups excluding carboxylic acids is 1. The fraction of sp³-hybridized carbons (Fsp3) is 0.923. The number of hydrogen-bond donors (Lipinski definition) is 1. The first kappa shape index (κ1) is 12.8. The molecule has 17 heavy (non-hydrogen) atoms. The van der Waals surface area contributed by atoms with E-state index in [1.54, 1.807) is 0 Å². The lowest BCUT2D eigenvalue weighted by Crippen LogP contribution is -2.35. The average molecular weight is 240 g/mol. The lowest BCUT2D eigenvalue weighted by molar-refractivity contribution is -0.129. The van der Waals surface area contributed by atoms with Crippen LogP contribution in [0.1, 0.15) is 32.6 Å². The van der Waals surface area contributed by atoms with Gasteiger partial charge < -0.3 is 15.4 Å². The first-order valence-corrected chi connectivity index (χ1v) is 6.77. The van der Waals surface area contributed by atoms with Crippen molar-refractivity contribution in [3.63, 3.8) is 0 Å². The molecule has 4 nitrogen and oxygen atoms in total. The number of hydrogen-bond acceptors (Lipinski definition) is 3. The molecule has 2 aliphatic rings. The Balaban J connectivity index is 2.04. The highest BCUT2D eigenvalue weighted by molar-refractivity contribution is 5.78. The lowest BCUT2D eigenvalue weighted by Gasteiger charge is -2.29. The molecule has 1 heterocycles. The predicted molar refractivity (Wildman–Crippen MR) is 66.5 cm³/mol. The Labute approximate surface area is 103 Å². The van der Waals surface area contributed by atoms with Crippen LogP contribution in [0, 0.1) is 11.3 Å². The quantitative estimate of drug-likeness (QED) is 0.797. The first-order valence-electron chi connectivity index (χ1n) is 6.77. The van der Waals surface area contributed by atoms with Crippen molar-refractivity contribution in [1.82, 2.24) is 4.90 Å². The fourth-order valence-corrected chi connectivity index (χ4v) is 3.49. The van der Waals surface area contributed by atoms with Crippen molar-refractivity contribution < 1.29 is 9.53 Å². The van der Waals surface area contributed by atoms with Crippen molar-refractivity contribution >= 4 is 5.91 Å². The summed E-state index contributed by atoms with van der Waals surface area (Å²) in [5, 5.41) is 0. The molecule has 0 bridgehead atoms. The predicted octanol–water partition coefficient (Wildman–Crippen LogP) is 1.00. The van der Waals surface area contributed by atoms with E-state index in [0.717, 1.165) is 26.3 Å². The van der Waals surface area contributed by atoms with Gasteiger partial charge in [0.25, 0.3) is 0 Å². The van der Waals surface area contributed by atoms with Gasteiger partial charge in [0.1, 0.15) is 0 Å². The SMILES string of the molecule is CCOCC1CN(C(=O)CN)CC12CCCC2. The Kier molecular flexibility index (Phi) is 4.05. The molecule has 2 rings (SSSR count). The number of amides is 1. The number of ether oxygens (including phenoxy) is 1. The second-order valence-electron chi connectivity index (χ2n) is 5.40. The topological polar surface area (TPSA) is 55.6 Å². The minimum Gasteiger partial charge on any atom is -0.381 e. The van der Waals surface area contributed by atoms with E-state index in [1.807, 2.05) is 11.8 Å². The summed E-state index contributed by atoms with van der Waals surface area (Å²) in [6, 6.07) is 0. The molecule has 4 heteroatoms. The van der Waals surface area contributed by atoms with E-state index >= 15 is 0 Å². The van der Waals surface area contributed by atoms with E-state index < -0.39 is 0 Å². The molecule has 1 unspecified atom stereocenters. The van der Waals surface area contributed by atoms with E-state index in [9.17, 15) is 4.79 Å². The monoisotopic (exact) mass is 240 g/mol. The van der Waals surface area contributed by atoms with Gasteiger partial charge in [-0.25, -0.2) is 0 Å². The molecule has 0 aromatic heterocycles. The maximum atomic E-state index is 11.7. The Morgan fingerprint density at radius 3 is 2.76 bits per heavy atom. The van der Waals surface area contributed by atoms with E-state index in [1.165, 1.54) is 25.7 Å². The molecule has 1 aliphatic heterocycles. The van der Waals surface area contributed by atoms with Crippen molar-refractivity contribution in [3.05, 3.63) is 0 Å². The van der Waals surface area contributed by atoms with Gasteiger partial charge in [-0.15, -0.1) is 0 Å². The molecule has 1 spiro atoms. The van der Waals surface area contributed by atoms with Crippen molar-refractivity contribution in [2.24, 2.45) is 17.1 Å². The minimum absolute atomic E-state index is 0.0928. The van der Waals surface area contributed by atoms with Gasteiger partial charge in [0, 0.05) is 25.6 Å². The molecule has 0 aromatic rings. The summed E-state index contributed by atoms with van der Waals surface area (Å²) in [6.45, 7) is 5.47. The number of likely N-dealkylation sites (tertiary alicyclic amines) is 1. The number of nitrogens with zero attached hydrogens (tertiary/aromatic N) is 1. The highest BCUT2D eigenvalue weighted by Gasteiger charge is 2.48. The van der Waals surface area contributed by atoms with E-state index in [4.69, 9.17) is 10.5 Å². The van der Waals surface area contributed by atoms with Gasteiger partial charge in [-0.1, -0.05) is 12.8 Å². The number of rotatable bonds is 4. The van der Waals surface area contributed by atoms with E-state index in [0.29, 0.717) is 11.3 Å². The number of nitrogens with two attached hydrogens (primary N) is 1. The molecule has 1 amide bonds. The van der Waals surface area contributed by atoms with Gasteiger partial charge in [0.2, 0.25) is 5.91 Å².